The first-order valence-electron chi connectivity index (χ1n) is 9.06. The number of benzene rings is 2. The van der Waals surface area contributed by atoms with Crippen molar-refractivity contribution in [3.8, 4) is 11.3 Å². The second kappa shape index (κ2) is 8.45. The molecule has 4 rings (SSSR count). The Hall–Kier alpha value is -2.54. The van der Waals surface area contributed by atoms with E-state index in [-0.39, 0.29) is 0 Å². The predicted molar refractivity (Wildman–Crippen MR) is 117 cm³/mol. The van der Waals surface area contributed by atoms with Crippen LogP contribution in [0.1, 0.15) is 11.3 Å². The Bertz CT molecular complexity index is 1170. The van der Waals surface area contributed by atoms with E-state index in [1.807, 2.05) is 54.7 Å². The van der Waals surface area contributed by atoms with Gasteiger partial charge in [-0.2, -0.15) is 0 Å². The summed E-state index contributed by atoms with van der Waals surface area (Å²) in [4.78, 5) is 14.9. The molecule has 0 aliphatic carbocycles. The minimum Gasteiger partial charge on any atom is -0.480 e. The van der Waals surface area contributed by atoms with Crippen LogP contribution in [-0.4, -0.2) is 22.1 Å². The molecule has 0 bridgehead atoms. The number of hydrogen-bond acceptors (Lipinski definition) is 3. The number of nitrogens with one attached hydrogen (secondary N) is 2. The highest BCUT2D eigenvalue weighted by molar-refractivity contribution is 9.10. The van der Waals surface area contributed by atoms with Crippen LogP contribution >= 0.6 is 27.5 Å². The van der Waals surface area contributed by atoms with E-state index >= 15 is 0 Å². The molecule has 1 unspecified atom stereocenters. The molecule has 0 radical (unpaired) electrons. The van der Waals surface area contributed by atoms with Crippen molar-refractivity contribution in [3.05, 3.63) is 81.6 Å². The highest BCUT2D eigenvalue weighted by Crippen LogP contribution is 2.31. The summed E-state index contributed by atoms with van der Waals surface area (Å²) in [6.07, 6.45) is 2.23. The van der Waals surface area contributed by atoms with Gasteiger partial charge in [0.1, 0.15) is 17.6 Å². The molecule has 0 fully saturated rings. The number of hydrogen-bond donors (Lipinski definition) is 3. The largest absolute Gasteiger partial charge is 0.480 e. The van der Waals surface area contributed by atoms with Crippen molar-refractivity contribution >= 4 is 44.4 Å². The Morgan fingerprint density at radius 2 is 2.03 bits per heavy atom. The van der Waals surface area contributed by atoms with Crippen molar-refractivity contribution in [2.75, 3.05) is 0 Å². The Balaban J connectivity index is 1.46. The molecule has 3 N–H and O–H groups in total. The number of carbonyl (C=O) groups is 1. The van der Waals surface area contributed by atoms with Crippen molar-refractivity contribution in [3.63, 3.8) is 0 Å². The SMILES string of the molecule is O=C(O)C(Cc1c[nH]c2ccccc12)NCc1ccc(-c2ccc(Br)cc2Cl)o1. The first-order valence-corrected chi connectivity index (χ1v) is 10.2. The van der Waals surface area contributed by atoms with Crippen molar-refractivity contribution in [2.45, 2.75) is 19.0 Å². The Morgan fingerprint density at radius 3 is 2.83 bits per heavy atom. The molecule has 0 saturated heterocycles. The molecule has 2 heterocycles. The molecule has 5 nitrogen and oxygen atoms in total. The maximum atomic E-state index is 11.8. The van der Waals surface area contributed by atoms with Gasteiger partial charge in [0.25, 0.3) is 0 Å². The van der Waals surface area contributed by atoms with Gasteiger partial charge < -0.3 is 14.5 Å². The Kier molecular flexibility index (Phi) is 5.76. The van der Waals surface area contributed by atoms with Gasteiger partial charge in [0.2, 0.25) is 0 Å². The number of para-hydroxylation sites is 1. The van der Waals surface area contributed by atoms with Crippen LogP contribution in [0.2, 0.25) is 5.02 Å². The third-order valence-electron chi connectivity index (χ3n) is 4.78. The van der Waals surface area contributed by atoms with Crippen molar-refractivity contribution in [1.29, 1.82) is 0 Å². The second-order valence-corrected chi connectivity index (χ2v) is 8.05. The number of carboxylic acids is 1. The maximum absolute atomic E-state index is 11.8. The lowest BCUT2D eigenvalue weighted by Gasteiger charge is -2.13. The highest BCUT2D eigenvalue weighted by Gasteiger charge is 2.20. The summed E-state index contributed by atoms with van der Waals surface area (Å²) in [5.41, 5.74) is 2.74. The number of aromatic amines is 1. The molecular formula is C22H18BrClN2O3. The highest BCUT2D eigenvalue weighted by atomic mass is 79.9. The number of aliphatic carboxylic acids is 1. The molecule has 0 aliphatic rings. The average molecular weight is 474 g/mol. The molecular weight excluding hydrogens is 456 g/mol. The van der Waals surface area contributed by atoms with Crippen LogP contribution in [0.5, 0.6) is 0 Å². The summed E-state index contributed by atoms with van der Waals surface area (Å²) in [6, 6.07) is 16.3. The molecule has 0 saturated carbocycles. The molecule has 148 valence electrons. The number of rotatable bonds is 7. The first kappa shape index (κ1) is 19.8. The van der Waals surface area contributed by atoms with E-state index in [0.29, 0.717) is 29.5 Å². The fraction of sp³-hybridized carbons (Fsp3) is 0.136. The van der Waals surface area contributed by atoms with E-state index in [4.69, 9.17) is 16.0 Å². The lowest BCUT2D eigenvalue weighted by atomic mass is 10.0. The fourth-order valence-electron chi connectivity index (χ4n) is 3.30. The summed E-state index contributed by atoms with van der Waals surface area (Å²) < 4.78 is 6.75. The van der Waals surface area contributed by atoms with Crippen LogP contribution in [0.25, 0.3) is 22.2 Å². The quantitative estimate of drug-likeness (QED) is 0.325. The molecule has 4 aromatic rings. The molecule has 0 aliphatic heterocycles. The van der Waals surface area contributed by atoms with E-state index in [0.717, 1.165) is 26.5 Å². The summed E-state index contributed by atoms with van der Waals surface area (Å²) in [6.45, 7) is 0.299. The van der Waals surface area contributed by atoms with Gasteiger partial charge in [-0.3, -0.25) is 10.1 Å². The number of fused-ring (bicyclic) bond motifs is 1. The smallest absolute Gasteiger partial charge is 0.321 e. The summed E-state index contributed by atoms with van der Waals surface area (Å²) >= 11 is 9.67. The zero-order chi connectivity index (χ0) is 20.4. The van der Waals surface area contributed by atoms with Gasteiger partial charge >= 0.3 is 5.97 Å². The van der Waals surface area contributed by atoms with E-state index in [1.165, 1.54) is 0 Å². The summed E-state index contributed by atoms with van der Waals surface area (Å²) in [5, 5.41) is 14.3. The maximum Gasteiger partial charge on any atom is 0.321 e. The molecule has 0 spiro atoms. The van der Waals surface area contributed by atoms with Crippen LogP contribution in [0.3, 0.4) is 0 Å². The van der Waals surface area contributed by atoms with Gasteiger partial charge in [0, 0.05) is 33.6 Å². The lowest BCUT2D eigenvalue weighted by molar-refractivity contribution is -0.139. The Morgan fingerprint density at radius 1 is 1.21 bits per heavy atom. The topological polar surface area (TPSA) is 78.3 Å². The van der Waals surface area contributed by atoms with E-state index in [2.05, 4.69) is 26.2 Å². The number of aromatic nitrogens is 1. The molecule has 7 heteroatoms. The Labute approximate surface area is 180 Å². The van der Waals surface area contributed by atoms with Crippen LogP contribution in [-0.2, 0) is 17.8 Å². The zero-order valence-corrected chi connectivity index (χ0v) is 17.6. The third-order valence-corrected chi connectivity index (χ3v) is 5.58. The van der Waals surface area contributed by atoms with Crippen LogP contribution in [0.15, 0.2) is 69.7 Å². The van der Waals surface area contributed by atoms with E-state index in [1.54, 1.807) is 6.07 Å². The fourth-order valence-corrected chi connectivity index (χ4v) is 4.06. The van der Waals surface area contributed by atoms with Crippen molar-refractivity contribution in [1.82, 2.24) is 10.3 Å². The third kappa shape index (κ3) is 4.40. The molecule has 2 aromatic carbocycles. The van der Waals surface area contributed by atoms with Gasteiger partial charge in [0.15, 0.2) is 0 Å². The zero-order valence-electron chi connectivity index (χ0n) is 15.3. The number of carboxylic acid groups (broad SMARTS) is 1. The second-order valence-electron chi connectivity index (χ2n) is 6.73. The molecule has 2 aromatic heterocycles. The van der Waals surface area contributed by atoms with Crippen LogP contribution < -0.4 is 5.32 Å². The minimum atomic E-state index is -0.905. The van der Waals surface area contributed by atoms with E-state index in [9.17, 15) is 9.90 Å². The average Bonchev–Trinajstić information content (AvgIpc) is 3.32. The molecule has 1 atom stereocenters. The summed E-state index contributed by atoms with van der Waals surface area (Å²) in [5.74, 6) is 0.380. The van der Waals surface area contributed by atoms with Crippen LogP contribution in [0.4, 0.5) is 0 Å². The molecule has 29 heavy (non-hydrogen) atoms. The lowest BCUT2D eigenvalue weighted by Crippen LogP contribution is -2.37. The first-order chi connectivity index (χ1) is 14.0. The summed E-state index contributed by atoms with van der Waals surface area (Å²) in [7, 11) is 0. The monoisotopic (exact) mass is 472 g/mol. The van der Waals surface area contributed by atoms with Gasteiger partial charge in [-0.25, -0.2) is 0 Å². The normalized spacial score (nSPS) is 12.3. The van der Waals surface area contributed by atoms with Crippen molar-refractivity contribution in [2.24, 2.45) is 0 Å². The number of furan rings is 1. The number of H-pyrrole nitrogens is 1. The standard InChI is InChI=1S/C22H18BrClN2O3/c23-14-5-7-17(18(24)10-14)21-8-6-15(29-21)12-26-20(22(27)28)9-13-11-25-19-4-2-1-3-16(13)19/h1-8,10-11,20,25-26H,9,12H2,(H,27,28). The van der Waals surface area contributed by atoms with Gasteiger partial charge in [-0.05, 0) is 42.0 Å². The number of halogens is 2. The molecule has 0 amide bonds. The van der Waals surface area contributed by atoms with Gasteiger partial charge in [-0.1, -0.05) is 45.7 Å². The van der Waals surface area contributed by atoms with Crippen molar-refractivity contribution < 1.29 is 14.3 Å². The van der Waals surface area contributed by atoms with E-state index < -0.39 is 12.0 Å². The van der Waals surface area contributed by atoms with Crippen LogP contribution in [0, 0.1) is 0 Å². The minimum absolute atomic E-state index is 0.299. The van der Waals surface area contributed by atoms with Gasteiger partial charge in [-0.15, -0.1) is 0 Å². The van der Waals surface area contributed by atoms with Gasteiger partial charge in [0.05, 0.1) is 11.6 Å². The predicted octanol–water partition coefficient (Wildman–Crippen LogP) is 5.63.